The Morgan fingerprint density at radius 3 is 2.13 bits per heavy atom. The number of nitrogens with one attached hydrogen (secondary N) is 1. The van der Waals surface area contributed by atoms with Gasteiger partial charge in [-0.2, -0.15) is 0 Å². The highest BCUT2D eigenvalue weighted by atomic mass is 35.5. The second-order valence-electron chi connectivity index (χ2n) is 8.63. The fourth-order valence-corrected chi connectivity index (χ4v) is 4.60. The summed E-state index contributed by atoms with van der Waals surface area (Å²) in [5, 5.41) is 3.36. The molecule has 0 bridgehead atoms. The highest BCUT2D eigenvalue weighted by Crippen LogP contribution is 2.25. The van der Waals surface area contributed by atoms with Crippen molar-refractivity contribution in [1.29, 1.82) is 0 Å². The van der Waals surface area contributed by atoms with Gasteiger partial charge in [0.05, 0.1) is 10.6 Å². The van der Waals surface area contributed by atoms with E-state index in [1.165, 1.54) is 0 Å². The zero-order chi connectivity index (χ0) is 21.7. The van der Waals surface area contributed by atoms with Gasteiger partial charge in [0, 0.05) is 32.1 Å². The summed E-state index contributed by atoms with van der Waals surface area (Å²) in [7, 11) is 0. The third-order valence-corrected chi connectivity index (χ3v) is 6.49. The van der Waals surface area contributed by atoms with Crippen LogP contribution in [0.25, 0.3) is 0 Å². The maximum atomic E-state index is 13.4. The third kappa shape index (κ3) is 5.34. The van der Waals surface area contributed by atoms with Gasteiger partial charge >= 0.3 is 0 Å². The number of halogens is 1. The largest absolute Gasteiger partial charge is 0.342 e. The normalized spacial score (nSPS) is 18.9. The number of carbonyl (C=O) groups is 3. The predicted molar refractivity (Wildman–Crippen MR) is 117 cm³/mol. The minimum atomic E-state index is -0.594. The van der Waals surface area contributed by atoms with E-state index < -0.39 is 6.04 Å². The van der Waals surface area contributed by atoms with Crippen LogP contribution in [-0.2, 0) is 9.59 Å². The van der Waals surface area contributed by atoms with E-state index in [1.54, 1.807) is 24.3 Å². The predicted octanol–water partition coefficient (Wildman–Crippen LogP) is 3.35. The molecule has 1 N–H and O–H groups in total. The minimum Gasteiger partial charge on any atom is -0.342 e. The number of carbonyl (C=O) groups excluding carboxylic acids is 3. The second kappa shape index (κ2) is 10.3. The van der Waals surface area contributed by atoms with Crippen LogP contribution in [0.3, 0.4) is 0 Å². The van der Waals surface area contributed by atoms with Crippen molar-refractivity contribution in [2.24, 2.45) is 11.8 Å². The van der Waals surface area contributed by atoms with E-state index in [4.69, 9.17) is 11.6 Å². The zero-order valence-corrected chi connectivity index (χ0v) is 18.7. The van der Waals surface area contributed by atoms with Gasteiger partial charge in [0.15, 0.2) is 0 Å². The van der Waals surface area contributed by atoms with Crippen LogP contribution in [0.5, 0.6) is 0 Å². The van der Waals surface area contributed by atoms with Crippen molar-refractivity contribution in [3.8, 4) is 0 Å². The first-order chi connectivity index (χ1) is 14.4. The Balaban J connectivity index is 1.74. The molecule has 2 fully saturated rings. The summed E-state index contributed by atoms with van der Waals surface area (Å²) in [6, 6.07) is 6.29. The molecule has 30 heavy (non-hydrogen) atoms. The summed E-state index contributed by atoms with van der Waals surface area (Å²) < 4.78 is 0. The quantitative estimate of drug-likeness (QED) is 0.774. The van der Waals surface area contributed by atoms with E-state index in [2.05, 4.69) is 5.32 Å². The maximum Gasteiger partial charge on any atom is 0.253 e. The Kier molecular flexibility index (Phi) is 7.75. The van der Waals surface area contributed by atoms with Crippen LogP contribution < -0.4 is 5.32 Å². The first kappa shape index (κ1) is 22.6. The molecule has 1 aromatic carbocycles. The molecular weight excluding hydrogens is 402 g/mol. The van der Waals surface area contributed by atoms with Gasteiger partial charge in [-0.15, -0.1) is 0 Å². The van der Waals surface area contributed by atoms with Crippen LogP contribution in [-0.4, -0.2) is 59.7 Å². The van der Waals surface area contributed by atoms with Gasteiger partial charge in [0.25, 0.3) is 5.91 Å². The molecule has 0 aromatic heterocycles. The molecule has 1 unspecified atom stereocenters. The Labute approximate surface area is 183 Å². The summed E-state index contributed by atoms with van der Waals surface area (Å²) in [5.41, 5.74) is 0.378. The molecule has 7 heteroatoms. The molecule has 1 aromatic rings. The molecule has 1 atom stereocenters. The molecule has 2 aliphatic rings. The molecule has 2 aliphatic heterocycles. The van der Waals surface area contributed by atoms with E-state index in [0.717, 1.165) is 32.4 Å². The molecule has 0 radical (unpaired) electrons. The summed E-state index contributed by atoms with van der Waals surface area (Å²) >= 11 is 6.20. The van der Waals surface area contributed by atoms with Crippen molar-refractivity contribution in [3.05, 3.63) is 34.9 Å². The molecule has 0 aliphatic carbocycles. The van der Waals surface area contributed by atoms with E-state index in [0.29, 0.717) is 36.5 Å². The van der Waals surface area contributed by atoms with E-state index in [9.17, 15) is 14.4 Å². The number of hydrogen-bond acceptors (Lipinski definition) is 3. The highest BCUT2D eigenvalue weighted by molar-refractivity contribution is 6.33. The minimum absolute atomic E-state index is 0.00192. The molecule has 6 nitrogen and oxygen atoms in total. The summed E-state index contributed by atoms with van der Waals surface area (Å²) in [6.45, 7) is 6.52. The summed E-state index contributed by atoms with van der Waals surface area (Å²) in [6.07, 6.45) is 4.53. The van der Waals surface area contributed by atoms with Gasteiger partial charge in [0.1, 0.15) is 6.04 Å². The van der Waals surface area contributed by atoms with E-state index in [1.807, 2.05) is 23.6 Å². The Morgan fingerprint density at radius 2 is 1.53 bits per heavy atom. The lowest BCUT2D eigenvalue weighted by Crippen LogP contribution is -2.55. The second-order valence-corrected chi connectivity index (χ2v) is 9.04. The van der Waals surface area contributed by atoms with Gasteiger partial charge in [-0.3, -0.25) is 14.4 Å². The monoisotopic (exact) mass is 433 g/mol. The number of benzene rings is 1. The third-order valence-electron chi connectivity index (χ3n) is 6.16. The molecule has 3 rings (SSSR count). The number of rotatable bonds is 5. The highest BCUT2D eigenvalue weighted by Gasteiger charge is 2.36. The van der Waals surface area contributed by atoms with Crippen LogP contribution in [0.1, 0.15) is 56.3 Å². The Bertz CT molecular complexity index is 769. The van der Waals surface area contributed by atoms with E-state index >= 15 is 0 Å². The molecule has 0 spiro atoms. The van der Waals surface area contributed by atoms with Crippen LogP contribution in [0, 0.1) is 11.8 Å². The van der Waals surface area contributed by atoms with Crippen molar-refractivity contribution in [1.82, 2.24) is 15.1 Å². The van der Waals surface area contributed by atoms with Crippen molar-refractivity contribution in [2.75, 3.05) is 26.2 Å². The average Bonchev–Trinajstić information content (AvgIpc) is 2.77. The maximum absolute atomic E-state index is 13.4. The van der Waals surface area contributed by atoms with Crippen LogP contribution >= 0.6 is 11.6 Å². The van der Waals surface area contributed by atoms with Crippen LogP contribution in [0.4, 0.5) is 0 Å². The van der Waals surface area contributed by atoms with Crippen molar-refractivity contribution in [2.45, 2.75) is 52.0 Å². The van der Waals surface area contributed by atoms with Gasteiger partial charge in [0.2, 0.25) is 11.8 Å². The molecule has 0 saturated carbocycles. The number of likely N-dealkylation sites (tertiary alicyclic amines) is 2. The topological polar surface area (TPSA) is 69.7 Å². The standard InChI is InChI=1S/C23H32ClN3O3/c1-16(2)22(29)27-14-10-17(11-15-27)20(23(30)26-12-6-3-7-13-26)25-21(28)18-8-4-5-9-19(18)24/h4-5,8-9,16-17,20H,3,6-7,10-15H2,1-2H3,(H,25,28). The van der Waals surface area contributed by atoms with E-state index in [-0.39, 0.29) is 29.6 Å². The lowest BCUT2D eigenvalue weighted by atomic mass is 9.87. The molecule has 2 heterocycles. The fourth-order valence-electron chi connectivity index (χ4n) is 4.37. The summed E-state index contributed by atoms with van der Waals surface area (Å²) in [4.78, 5) is 42.4. The van der Waals surface area contributed by atoms with Crippen molar-refractivity contribution < 1.29 is 14.4 Å². The zero-order valence-electron chi connectivity index (χ0n) is 17.9. The number of hydrogen-bond donors (Lipinski definition) is 1. The summed E-state index contributed by atoms with van der Waals surface area (Å²) in [5.74, 6) is -0.220. The lowest BCUT2D eigenvalue weighted by molar-refractivity contribution is -0.138. The average molecular weight is 434 g/mol. The smallest absolute Gasteiger partial charge is 0.253 e. The van der Waals surface area contributed by atoms with Crippen molar-refractivity contribution in [3.63, 3.8) is 0 Å². The molecular formula is C23H32ClN3O3. The number of nitrogens with zero attached hydrogens (tertiary/aromatic N) is 2. The SMILES string of the molecule is CC(C)C(=O)N1CCC(C(NC(=O)c2ccccc2Cl)C(=O)N2CCCCC2)CC1. The van der Waals surface area contributed by atoms with Gasteiger partial charge in [-0.05, 0) is 50.2 Å². The van der Waals surface area contributed by atoms with Gasteiger partial charge < -0.3 is 15.1 Å². The first-order valence-corrected chi connectivity index (χ1v) is 11.4. The first-order valence-electron chi connectivity index (χ1n) is 11.0. The fraction of sp³-hybridized carbons (Fsp3) is 0.609. The van der Waals surface area contributed by atoms with Gasteiger partial charge in [-0.25, -0.2) is 0 Å². The lowest BCUT2D eigenvalue weighted by Gasteiger charge is -2.39. The molecule has 3 amide bonds. The molecule has 2 saturated heterocycles. The van der Waals surface area contributed by atoms with Crippen LogP contribution in [0.15, 0.2) is 24.3 Å². The Morgan fingerprint density at radius 1 is 0.933 bits per heavy atom. The molecule has 164 valence electrons. The number of amides is 3. The number of piperidine rings is 2. The van der Waals surface area contributed by atoms with Gasteiger partial charge in [-0.1, -0.05) is 37.6 Å². The Hall–Kier alpha value is -2.08. The van der Waals surface area contributed by atoms with Crippen molar-refractivity contribution >= 4 is 29.3 Å². The van der Waals surface area contributed by atoms with Crippen LogP contribution in [0.2, 0.25) is 5.02 Å².